The van der Waals surface area contributed by atoms with Crippen LogP contribution in [0.3, 0.4) is 0 Å². The van der Waals surface area contributed by atoms with Gasteiger partial charge in [-0.2, -0.15) is 0 Å². The molecule has 1 aromatic rings. The van der Waals surface area contributed by atoms with Crippen LogP contribution in [0.1, 0.15) is 13.8 Å². The molecule has 0 amide bonds. The van der Waals surface area contributed by atoms with Gasteiger partial charge in [-0.05, 0) is 44.2 Å². The Labute approximate surface area is 125 Å². The second-order valence-electron chi connectivity index (χ2n) is 4.24. The third-order valence-corrected chi connectivity index (χ3v) is 4.66. The van der Waals surface area contributed by atoms with Crippen LogP contribution in [0.15, 0.2) is 41.1 Å². The first-order valence-electron chi connectivity index (χ1n) is 5.89. The van der Waals surface area contributed by atoms with Crippen LogP contribution in [0.2, 0.25) is 0 Å². The summed E-state index contributed by atoms with van der Waals surface area (Å²) in [5.41, 5.74) is 5.16. The molecular formula is C13H19ClFNO3S. The van der Waals surface area contributed by atoms with Gasteiger partial charge in [-0.25, -0.2) is 12.8 Å². The Bertz CT molecular complexity index is 541. The van der Waals surface area contributed by atoms with Gasteiger partial charge in [0, 0.05) is 6.54 Å². The molecule has 0 aromatic heterocycles. The van der Waals surface area contributed by atoms with Crippen molar-refractivity contribution in [3.05, 3.63) is 36.2 Å². The van der Waals surface area contributed by atoms with Gasteiger partial charge in [0.2, 0.25) is 0 Å². The maximum absolute atomic E-state index is 13.0. The Morgan fingerprint density at radius 3 is 2.35 bits per heavy atom. The molecular weight excluding hydrogens is 305 g/mol. The van der Waals surface area contributed by atoms with Crippen molar-refractivity contribution in [1.82, 2.24) is 0 Å². The first kappa shape index (κ1) is 18.9. The van der Waals surface area contributed by atoms with Crippen molar-refractivity contribution in [3.63, 3.8) is 0 Å². The maximum Gasteiger partial charge on any atom is 0.180 e. The highest BCUT2D eigenvalue weighted by Gasteiger charge is 2.18. The number of hydrogen-bond donors (Lipinski definition) is 1. The second-order valence-corrected chi connectivity index (χ2v) is 6.74. The van der Waals surface area contributed by atoms with Crippen LogP contribution < -0.4 is 10.5 Å². The number of nitrogens with two attached hydrogens (primary N) is 1. The zero-order valence-corrected chi connectivity index (χ0v) is 13.0. The summed E-state index contributed by atoms with van der Waals surface area (Å²) in [6.45, 7) is 3.13. The molecule has 0 aliphatic carbocycles. The van der Waals surface area contributed by atoms with Crippen LogP contribution in [0.5, 0.6) is 5.75 Å². The highest BCUT2D eigenvalue weighted by Crippen LogP contribution is 2.20. The third-order valence-electron chi connectivity index (χ3n) is 2.49. The Morgan fingerprint density at radius 2 is 1.90 bits per heavy atom. The molecule has 0 unspecified atom stereocenters. The fourth-order valence-electron chi connectivity index (χ4n) is 1.34. The van der Waals surface area contributed by atoms with Crippen LogP contribution in [0, 0.1) is 0 Å². The van der Waals surface area contributed by atoms with E-state index in [-0.39, 0.29) is 30.5 Å². The lowest BCUT2D eigenvalue weighted by molar-refractivity contribution is 0.318. The Kier molecular flexibility index (Phi) is 7.78. The lowest BCUT2D eigenvalue weighted by Gasteiger charge is -2.09. The molecule has 2 N–H and O–H groups in total. The number of ether oxygens (including phenoxy) is 1. The van der Waals surface area contributed by atoms with Gasteiger partial charge in [-0.1, -0.05) is 0 Å². The SMILES string of the molecule is CC(C)S(=O)(=O)c1ccc(OC/C(F)=C/CN)cc1.Cl. The first-order chi connectivity index (χ1) is 8.87. The van der Waals surface area contributed by atoms with Crippen LogP contribution in [-0.4, -0.2) is 26.8 Å². The van der Waals surface area contributed by atoms with Crippen LogP contribution in [-0.2, 0) is 9.84 Å². The van der Waals surface area contributed by atoms with Crippen molar-refractivity contribution in [3.8, 4) is 5.75 Å². The second kappa shape index (κ2) is 8.24. The van der Waals surface area contributed by atoms with Crippen molar-refractivity contribution >= 4 is 22.2 Å². The number of benzene rings is 1. The highest BCUT2D eigenvalue weighted by molar-refractivity contribution is 7.92. The Balaban J connectivity index is 0.00000361. The largest absolute Gasteiger partial charge is 0.487 e. The van der Waals surface area contributed by atoms with E-state index in [1.807, 2.05) is 0 Å². The molecule has 0 fully saturated rings. The van der Waals surface area contributed by atoms with Crippen molar-refractivity contribution in [2.45, 2.75) is 24.0 Å². The molecule has 0 saturated heterocycles. The number of halogens is 2. The molecule has 7 heteroatoms. The van der Waals surface area contributed by atoms with E-state index in [1.54, 1.807) is 13.8 Å². The molecule has 20 heavy (non-hydrogen) atoms. The van der Waals surface area contributed by atoms with Gasteiger partial charge in [0.05, 0.1) is 10.1 Å². The number of hydrogen-bond acceptors (Lipinski definition) is 4. The summed E-state index contributed by atoms with van der Waals surface area (Å²) in [5.74, 6) is -0.0512. The average Bonchev–Trinajstić information content (AvgIpc) is 2.37. The predicted octanol–water partition coefficient (Wildman–Crippen LogP) is 2.48. The summed E-state index contributed by atoms with van der Waals surface area (Å²) < 4.78 is 41.9. The molecule has 0 bridgehead atoms. The molecule has 0 aliphatic heterocycles. The zero-order valence-electron chi connectivity index (χ0n) is 11.4. The van der Waals surface area contributed by atoms with Crippen LogP contribution in [0.25, 0.3) is 0 Å². The Morgan fingerprint density at radius 1 is 1.35 bits per heavy atom. The zero-order chi connectivity index (χ0) is 14.5. The normalized spacial score (nSPS) is 12.2. The monoisotopic (exact) mass is 323 g/mol. The third kappa shape index (κ3) is 5.11. The van der Waals surface area contributed by atoms with E-state index < -0.39 is 20.9 Å². The summed E-state index contributed by atoms with van der Waals surface area (Å²) in [7, 11) is -3.29. The molecule has 4 nitrogen and oxygen atoms in total. The molecule has 0 spiro atoms. The quantitative estimate of drug-likeness (QED) is 0.873. The van der Waals surface area contributed by atoms with E-state index in [0.29, 0.717) is 5.75 Å². The smallest absolute Gasteiger partial charge is 0.180 e. The fraction of sp³-hybridized carbons (Fsp3) is 0.385. The van der Waals surface area contributed by atoms with Crippen molar-refractivity contribution in [2.75, 3.05) is 13.2 Å². The van der Waals surface area contributed by atoms with Gasteiger partial charge < -0.3 is 10.5 Å². The molecule has 1 rings (SSSR count). The maximum atomic E-state index is 13.0. The number of sulfone groups is 1. The summed E-state index contributed by atoms with van der Waals surface area (Å²) in [6, 6.07) is 5.92. The summed E-state index contributed by atoms with van der Waals surface area (Å²) in [6.07, 6.45) is 1.22. The minimum absolute atomic E-state index is 0. The van der Waals surface area contributed by atoms with E-state index in [0.717, 1.165) is 0 Å². The Hall–Kier alpha value is -1.11. The lowest BCUT2D eigenvalue weighted by Crippen LogP contribution is -2.13. The van der Waals surface area contributed by atoms with Crippen molar-refractivity contribution in [2.24, 2.45) is 5.73 Å². The van der Waals surface area contributed by atoms with E-state index in [4.69, 9.17) is 10.5 Å². The standard InChI is InChI=1S/C13H18FNO3S.ClH/c1-10(2)19(16,17)13-5-3-12(4-6-13)18-9-11(14)7-8-15;/h3-7,10H,8-9,15H2,1-2H3;1H/b11-7-;. The molecule has 114 valence electrons. The average molecular weight is 324 g/mol. The minimum atomic E-state index is -3.29. The minimum Gasteiger partial charge on any atom is -0.487 e. The fourth-order valence-corrected chi connectivity index (χ4v) is 2.40. The topological polar surface area (TPSA) is 69.4 Å². The van der Waals surface area contributed by atoms with Crippen LogP contribution in [0.4, 0.5) is 4.39 Å². The summed E-state index contributed by atoms with van der Waals surface area (Å²) in [4.78, 5) is 0.229. The molecule has 0 saturated carbocycles. The van der Waals surface area contributed by atoms with Gasteiger partial charge in [-0.3, -0.25) is 0 Å². The molecule has 0 radical (unpaired) electrons. The molecule has 1 aromatic carbocycles. The van der Waals surface area contributed by atoms with Gasteiger partial charge in [0.15, 0.2) is 9.84 Å². The molecule has 0 atom stereocenters. The van der Waals surface area contributed by atoms with E-state index in [1.165, 1.54) is 30.3 Å². The van der Waals surface area contributed by atoms with Gasteiger partial charge >= 0.3 is 0 Å². The van der Waals surface area contributed by atoms with Gasteiger partial charge in [-0.15, -0.1) is 12.4 Å². The summed E-state index contributed by atoms with van der Waals surface area (Å²) in [5, 5.41) is -0.482. The van der Waals surface area contributed by atoms with Crippen molar-refractivity contribution < 1.29 is 17.5 Å². The first-order valence-corrected chi connectivity index (χ1v) is 7.44. The number of rotatable bonds is 6. The van der Waals surface area contributed by atoms with E-state index >= 15 is 0 Å². The van der Waals surface area contributed by atoms with Crippen molar-refractivity contribution in [1.29, 1.82) is 0 Å². The summed E-state index contributed by atoms with van der Waals surface area (Å²) >= 11 is 0. The highest BCUT2D eigenvalue weighted by atomic mass is 35.5. The lowest BCUT2D eigenvalue weighted by atomic mass is 10.3. The van der Waals surface area contributed by atoms with Gasteiger partial charge in [0.25, 0.3) is 0 Å². The van der Waals surface area contributed by atoms with E-state index in [2.05, 4.69) is 0 Å². The predicted molar refractivity (Wildman–Crippen MR) is 79.8 cm³/mol. The van der Waals surface area contributed by atoms with Gasteiger partial charge in [0.1, 0.15) is 18.2 Å². The molecule has 0 heterocycles. The van der Waals surface area contributed by atoms with Crippen LogP contribution >= 0.6 is 12.4 Å². The molecule has 0 aliphatic rings. The van der Waals surface area contributed by atoms with E-state index in [9.17, 15) is 12.8 Å².